The Morgan fingerprint density at radius 2 is 1.84 bits per heavy atom. The highest BCUT2D eigenvalue weighted by atomic mass is 35.5. The molecule has 0 atom stereocenters. The minimum absolute atomic E-state index is 0.341. The average molecular weight is 281 g/mol. The van der Waals surface area contributed by atoms with Crippen molar-refractivity contribution >= 4 is 30.5 Å². The second-order valence-corrected chi connectivity index (χ2v) is 6.01. The molecule has 0 spiro atoms. The molecule has 0 aromatic carbocycles. The molecule has 1 aromatic heterocycles. The van der Waals surface area contributed by atoms with Crippen LogP contribution in [-0.2, 0) is 9.31 Å². The Hall–Kier alpha value is -1.04. The van der Waals surface area contributed by atoms with Crippen LogP contribution in [0.1, 0.15) is 33.3 Å². The lowest BCUT2D eigenvalue weighted by Gasteiger charge is -2.32. The van der Waals surface area contributed by atoms with Crippen molar-refractivity contribution in [3.05, 3.63) is 29.0 Å². The van der Waals surface area contributed by atoms with Gasteiger partial charge in [-0.2, -0.15) is 0 Å². The van der Waals surface area contributed by atoms with Crippen molar-refractivity contribution in [2.24, 2.45) is 0 Å². The zero-order chi connectivity index (χ0) is 14.3. The fourth-order valence-electron chi connectivity index (χ4n) is 1.74. The Morgan fingerprint density at radius 1 is 1.26 bits per heavy atom. The van der Waals surface area contributed by atoms with E-state index in [1.807, 2.05) is 39.7 Å². The highest BCUT2D eigenvalue weighted by Crippen LogP contribution is 2.37. The van der Waals surface area contributed by atoms with Gasteiger partial charge in [-0.15, -0.1) is 0 Å². The van der Waals surface area contributed by atoms with Gasteiger partial charge in [0.2, 0.25) is 0 Å². The maximum atomic E-state index is 5.86. The molecule has 1 aliphatic heterocycles. The van der Waals surface area contributed by atoms with E-state index in [1.165, 1.54) is 0 Å². The van der Waals surface area contributed by atoms with Crippen LogP contribution < -0.4 is 5.73 Å². The highest BCUT2D eigenvalue weighted by Gasteiger charge is 2.49. The Morgan fingerprint density at radius 3 is 2.37 bits per heavy atom. The van der Waals surface area contributed by atoms with Gasteiger partial charge in [-0.25, -0.2) is 4.98 Å². The third-order valence-corrected chi connectivity index (χ3v) is 3.85. The third kappa shape index (κ3) is 2.94. The molecule has 4 nitrogen and oxygen atoms in total. The van der Waals surface area contributed by atoms with Crippen LogP contribution in [0.2, 0.25) is 5.15 Å². The molecule has 0 unspecified atom stereocenters. The number of hydrogen-bond acceptors (Lipinski definition) is 4. The summed E-state index contributed by atoms with van der Waals surface area (Å²) in [5.41, 5.74) is 6.54. The fourth-order valence-corrected chi connectivity index (χ4v) is 1.91. The Balaban J connectivity index is 2.13. The predicted octanol–water partition coefficient (Wildman–Crippen LogP) is 2.96. The number of aromatic nitrogens is 1. The first kappa shape index (κ1) is 14.4. The molecule has 102 valence electrons. The SMILES string of the molecule is CC1(C)OB(/C=C/c2cnc(Cl)cc2N)OC1(C)C. The van der Waals surface area contributed by atoms with E-state index in [4.69, 9.17) is 26.6 Å². The first-order valence-corrected chi connectivity index (χ1v) is 6.54. The molecular weight excluding hydrogens is 262 g/mol. The lowest BCUT2D eigenvalue weighted by atomic mass is 9.89. The summed E-state index contributed by atoms with van der Waals surface area (Å²) < 4.78 is 11.7. The van der Waals surface area contributed by atoms with Crippen LogP contribution in [0.15, 0.2) is 18.2 Å². The topological polar surface area (TPSA) is 57.4 Å². The van der Waals surface area contributed by atoms with Gasteiger partial charge in [0.25, 0.3) is 0 Å². The van der Waals surface area contributed by atoms with Crippen molar-refractivity contribution < 1.29 is 9.31 Å². The molecule has 0 radical (unpaired) electrons. The van der Waals surface area contributed by atoms with Gasteiger partial charge < -0.3 is 15.0 Å². The summed E-state index contributed by atoms with van der Waals surface area (Å²) in [6.07, 6.45) is 3.46. The van der Waals surface area contributed by atoms with Gasteiger partial charge in [-0.1, -0.05) is 23.7 Å². The average Bonchev–Trinajstić information content (AvgIpc) is 2.46. The molecule has 6 heteroatoms. The summed E-state index contributed by atoms with van der Waals surface area (Å²) in [4.78, 5) is 3.99. The predicted molar refractivity (Wildman–Crippen MR) is 78.8 cm³/mol. The summed E-state index contributed by atoms with van der Waals surface area (Å²) in [5.74, 6) is 1.83. The maximum Gasteiger partial charge on any atom is 0.487 e. The monoisotopic (exact) mass is 280 g/mol. The smallest absolute Gasteiger partial charge is 0.400 e. The zero-order valence-electron chi connectivity index (χ0n) is 11.6. The number of nitrogen functional groups attached to an aromatic ring is 1. The van der Waals surface area contributed by atoms with Gasteiger partial charge >= 0.3 is 7.12 Å². The number of anilines is 1. The molecule has 1 aliphatic rings. The Labute approximate surface area is 119 Å². The molecule has 1 saturated heterocycles. The van der Waals surface area contributed by atoms with Gasteiger partial charge in [0, 0.05) is 17.4 Å². The Bertz CT molecular complexity index is 501. The van der Waals surface area contributed by atoms with Gasteiger partial charge in [0.1, 0.15) is 5.15 Å². The van der Waals surface area contributed by atoms with Crippen molar-refractivity contribution in [3.8, 4) is 0 Å². The second-order valence-electron chi connectivity index (χ2n) is 5.62. The molecule has 0 bridgehead atoms. The molecule has 2 heterocycles. The summed E-state index contributed by atoms with van der Waals surface area (Å²) in [7, 11) is -0.389. The van der Waals surface area contributed by atoms with E-state index in [0.717, 1.165) is 5.56 Å². The van der Waals surface area contributed by atoms with Crippen molar-refractivity contribution in [2.75, 3.05) is 5.73 Å². The third-order valence-electron chi connectivity index (χ3n) is 3.64. The van der Waals surface area contributed by atoms with E-state index in [2.05, 4.69) is 4.98 Å². The molecular formula is C13H18BClN2O2. The quantitative estimate of drug-likeness (QED) is 0.668. The van der Waals surface area contributed by atoms with Crippen molar-refractivity contribution in [2.45, 2.75) is 38.9 Å². The summed E-state index contributed by atoms with van der Waals surface area (Å²) in [6, 6.07) is 1.62. The molecule has 2 N–H and O–H groups in total. The van der Waals surface area contributed by atoms with Gasteiger partial charge in [0.05, 0.1) is 11.2 Å². The van der Waals surface area contributed by atoms with Crippen molar-refractivity contribution in [1.29, 1.82) is 0 Å². The molecule has 0 saturated carbocycles. The normalized spacial score (nSPS) is 21.2. The first-order valence-electron chi connectivity index (χ1n) is 6.16. The molecule has 0 aliphatic carbocycles. The number of halogens is 1. The van der Waals surface area contributed by atoms with Crippen LogP contribution in [0.5, 0.6) is 0 Å². The summed E-state index contributed by atoms with van der Waals surface area (Å²) in [5, 5.41) is 0.380. The Kier molecular flexibility index (Phi) is 3.64. The number of pyridine rings is 1. The van der Waals surface area contributed by atoms with E-state index < -0.39 is 0 Å². The minimum Gasteiger partial charge on any atom is -0.400 e. The van der Waals surface area contributed by atoms with E-state index >= 15 is 0 Å². The van der Waals surface area contributed by atoms with E-state index in [0.29, 0.717) is 10.8 Å². The van der Waals surface area contributed by atoms with Crippen LogP contribution in [0.4, 0.5) is 5.69 Å². The molecule has 19 heavy (non-hydrogen) atoms. The van der Waals surface area contributed by atoms with E-state index in [9.17, 15) is 0 Å². The lowest BCUT2D eigenvalue weighted by Crippen LogP contribution is -2.41. The molecule has 1 fully saturated rings. The lowest BCUT2D eigenvalue weighted by molar-refractivity contribution is 0.00578. The second kappa shape index (κ2) is 4.82. The van der Waals surface area contributed by atoms with Crippen LogP contribution >= 0.6 is 11.6 Å². The molecule has 2 rings (SSSR count). The van der Waals surface area contributed by atoms with Crippen LogP contribution in [-0.4, -0.2) is 23.3 Å². The highest BCUT2D eigenvalue weighted by molar-refractivity contribution is 6.52. The number of rotatable bonds is 2. The standard InChI is InChI=1S/C13H18BClN2O2/c1-12(2)13(3,4)19-14(18-12)6-5-9-8-17-11(15)7-10(9)16/h5-8H,1-4H3,(H2,16,17)/b6-5+. The van der Waals surface area contributed by atoms with Crippen LogP contribution in [0.25, 0.3) is 6.08 Å². The van der Waals surface area contributed by atoms with Crippen molar-refractivity contribution in [3.63, 3.8) is 0 Å². The van der Waals surface area contributed by atoms with Crippen molar-refractivity contribution in [1.82, 2.24) is 4.98 Å². The summed E-state index contributed by atoms with van der Waals surface area (Å²) >= 11 is 5.75. The van der Waals surface area contributed by atoms with Gasteiger partial charge in [0.15, 0.2) is 0 Å². The van der Waals surface area contributed by atoms with Crippen LogP contribution in [0, 0.1) is 0 Å². The number of nitrogens with zero attached hydrogens (tertiary/aromatic N) is 1. The maximum absolute atomic E-state index is 5.86. The minimum atomic E-state index is -0.389. The summed E-state index contributed by atoms with van der Waals surface area (Å²) in [6.45, 7) is 8.05. The largest absolute Gasteiger partial charge is 0.487 e. The zero-order valence-corrected chi connectivity index (χ0v) is 12.4. The first-order chi connectivity index (χ1) is 8.71. The van der Waals surface area contributed by atoms with E-state index in [1.54, 1.807) is 12.3 Å². The molecule has 1 aromatic rings. The van der Waals surface area contributed by atoms with E-state index in [-0.39, 0.29) is 18.3 Å². The molecule has 0 amide bonds. The van der Waals surface area contributed by atoms with Gasteiger partial charge in [-0.3, -0.25) is 0 Å². The fraction of sp³-hybridized carbons (Fsp3) is 0.462. The number of hydrogen-bond donors (Lipinski definition) is 1. The van der Waals surface area contributed by atoms with Crippen LogP contribution in [0.3, 0.4) is 0 Å². The van der Waals surface area contributed by atoms with Gasteiger partial charge in [-0.05, 0) is 33.8 Å². The number of nitrogens with two attached hydrogens (primary N) is 1.